The molecule has 0 aliphatic heterocycles. The van der Waals surface area contributed by atoms with Gasteiger partial charge in [0.2, 0.25) is 0 Å². The molecule has 0 atom stereocenters. The maximum absolute atomic E-state index is 4.66. The van der Waals surface area contributed by atoms with Crippen LogP contribution < -0.4 is 0 Å². The van der Waals surface area contributed by atoms with Crippen molar-refractivity contribution in [3.05, 3.63) is 12.7 Å². The standard InChI is InChI=1S/C4H4.CH4/c1-3-4-2;/h1,4H,2H2;1H4. The summed E-state index contributed by atoms with van der Waals surface area (Å²) >= 11 is 0. The van der Waals surface area contributed by atoms with Crippen molar-refractivity contribution in [3.63, 3.8) is 0 Å². The minimum Gasteiger partial charge on any atom is -0.115 e. The molecule has 0 aliphatic rings. The normalized spacial score (nSPS) is 3.00. The molecule has 0 aromatic carbocycles. The fraction of sp³-hybridized carbons (Fsp3) is 0.200. The summed E-state index contributed by atoms with van der Waals surface area (Å²) in [6.07, 6.45) is 6.06. The van der Waals surface area contributed by atoms with Gasteiger partial charge in [-0.3, -0.25) is 0 Å². The smallest absolute Gasteiger partial charge is 0.0194 e. The van der Waals surface area contributed by atoms with Crippen LogP contribution in [0.2, 0.25) is 0 Å². The molecule has 0 unspecified atom stereocenters. The van der Waals surface area contributed by atoms with Crippen LogP contribution in [0.4, 0.5) is 0 Å². The Morgan fingerprint density at radius 3 is 2.00 bits per heavy atom. The number of hydrogen-bond acceptors (Lipinski definition) is 0. The number of allylic oxidation sites excluding steroid dienone is 1. The van der Waals surface area contributed by atoms with Crippen LogP contribution in [0.1, 0.15) is 7.43 Å². The van der Waals surface area contributed by atoms with Crippen molar-refractivity contribution in [2.24, 2.45) is 0 Å². The molecule has 5 heavy (non-hydrogen) atoms. The Bertz CT molecular complexity index is 45.5. The minimum atomic E-state index is 0. The monoisotopic (exact) mass is 68.1 g/mol. The van der Waals surface area contributed by atoms with Gasteiger partial charge in [-0.25, -0.2) is 0 Å². The lowest BCUT2D eigenvalue weighted by Gasteiger charge is -1.38. The molecule has 0 aromatic rings. The lowest BCUT2D eigenvalue weighted by atomic mass is 10.7. The van der Waals surface area contributed by atoms with Gasteiger partial charge < -0.3 is 0 Å². The highest BCUT2D eigenvalue weighted by atomic mass is 13.3. The molecular formula is C5H8. The van der Waals surface area contributed by atoms with E-state index in [2.05, 4.69) is 18.9 Å². The van der Waals surface area contributed by atoms with E-state index in [1.54, 1.807) is 0 Å². The first-order valence-corrected chi connectivity index (χ1v) is 0.986. The second-order valence-electron chi connectivity index (χ2n) is 0.371. The van der Waals surface area contributed by atoms with Crippen LogP contribution in [0.3, 0.4) is 0 Å². The molecule has 0 spiro atoms. The molecule has 0 aliphatic carbocycles. The number of hydrogen-bond donors (Lipinski definition) is 0. The third kappa shape index (κ3) is 62.0. The molecule has 0 aromatic heterocycles. The first-order valence-electron chi connectivity index (χ1n) is 0.986. The molecule has 0 amide bonds. The van der Waals surface area contributed by atoms with Crippen LogP contribution in [0.25, 0.3) is 0 Å². The van der Waals surface area contributed by atoms with Gasteiger partial charge in [-0.15, -0.1) is 6.42 Å². The summed E-state index contributed by atoms with van der Waals surface area (Å²) in [5.41, 5.74) is 0. The predicted molar refractivity (Wildman–Crippen MR) is 25.8 cm³/mol. The lowest BCUT2D eigenvalue weighted by molar-refractivity contribution is 2.34. The topological polar surface area (TPSA) is 0 Å². The van der Waals surface area contributed by atoms with Gasteiger partial charge in [0, 0.05) is 0 Å². The van der Waals surface area contributed by atoms with Gasteiger partial charge in [0.15, 0.2) is 0 Å². The first-order chi connectivity index (χ1) is 1.91. The Kier molecular flexibility index (Phi) is 18.3. The van der Waals surface area contributed by atoms with Gasteiger partial charge in [-0.05, 0) is 6.08 Å². The minimum absolute atomic E-state index is 0. The zero-order chi connectivity index (χ0) is 3.41. The molecule has 0 bridgehead atoms. The molecule has 0 heteroatoms. The maximum atomic E-state index is 4.66. The summed E-state index contributed by atoms with van der Waals surface area (Å²) in [6.45, 7) is 3.24. The third-order valence-electron chi connectivity index (χ3n) is 0.118. The van der Waals surface area contributed by atoms with Crippen molar-refractivity contribution in [1.82, 2.24) is 0 Å². The van der Waals surface area contributed by atoms with Crippen LogP contribution in [0.5, 0.6) is 0 Å². The van der Waals surface area contributed by atoms with Crippen LogP contribution in [-0.4, -0.2) is 0 Å². The van der Waals surface area contributed by atoms with Crippen molar-refractivity contribution >= 4 is 0 Å². The summed E-state index contributed by atoms with van der Waals surface area (Å²) in [7, 11) is 0. The Balaban J connectivity index is 0. The van der Waals surface area contributed by atoms with Crippen molar-refractivity contribution < 1.29 is 0 Å². The number of terminal acetylenes is 1. The van der Waals surface area contributed by atoms with Crippen LogP contribution in [-0.2, 0) is 0 Å². The molecule has 0 heterocycles. The highest BCUT2D eigenvalue weighted by Gasteiger charge is 1.26. The average molecular weight is 68.1 g/mol. The van der Waals surface area contributed by atoms with Crippen molar-refractivity contribution in [1.29, 1.82) is 0 Å². The van der Waals surface area contributed by atoms with Crippen molar-refractivity contribution in [2.75, 3.05) is 0 Å². The zero-order valence-corrected chi connectivity index (χ0v) is 2.36. The van der Waals surface area contributed by atoms with Gasteiger partial charge >= 0.3 is 0 Å². The van der Waals surface area contributed by atoms with E-state index in [9.17, 15) is 0 Å². The Morgan fingerprint density at radius 2 is 2.00 bits per heavy atom. The lowest BCUT2D eigenvalue weighted by Crippen LogP contribution is -1.24. The Hall–Kier alpha value is -0.700. The van der Waals surface area contributed by atoms with Crippen molar-refractivity contribution in [2.45, 2.75) is 7.43 Å². The molecule has 0 saturated carbocycles. The largest absolute Gasteiger partial charge is 0.115 e. The van der Waals surface area contributed by atoms with Gasteiger partial charge in [-0.2, -0.15) is 0 Å². The summed E-state index contributed by atoms with van der Waals surface area (Å²) in [4.78, 5) is 0. The number of rotatable bonds is 0. The van der Waals surface area contributed by atoms with E-state index in [1.165, 1.54) is 6.08 Å². The fourth-order valence-electron chi connectivity index (χ4n) is 0. The Morgan fingerprint density at radius 1 is 1.80 bits per heavy atom. The summed E-state index contributed by atoms with van der Waals surface area (Å²) in [5.74, 6) is 2.19. The highest BCUT2D eigenvalue weighted by Crippen LogP contribution is 1.41. The third-order valence-corrected chi connectivity index (χ3v) is 0.118. The van der Waals surface area contributed by atoms with E-state index in [0.29, 0.717) is 0 Å². The van der Waals surface area contributed by atoms with Crippen LogP contribution in [0, 0.1) is 12.3 Å². The van der Waals surface area contributed by atoms with E-state index in [-0.39, 0.29) is 7.43 Å². The van der Waals surface area contributed by atoms with Gasteiger partial charge in [0.1, 0.15) is 0 Å². The maximum Gasteiger partial charge on any atom is -0.0194 e. The highest BCUT2D eigenvalue weighted by molar-refractivity contribution is 5.03. The SMILES string of the molecule is C.C#CC=C. The molecule has 0 N–H and O–H groups in total. The molecule has 0 radical (unpaired) electrons. The molecule has 28 valence electrons. The average Bonchev–Trinajstić information content (AvgIpc) is 1.37. The van der Waals surface area contributed by atoms with Gasteiger partial charge in [0.25, 0.3) is 0 Å². The second kappa shape index (κ2) is 10.3. The molecule has 0 rings (SSSR count). The van der Waals surface area contributed by atoms with Gasteiger partial charge in [-0.1, -0.05) is 19.9 Å². The second-order valence-corrected chi connectivity index (χ2v) is 0.371. The Labute approximate surface area is 33.5 Å². The van der Waals surface area contributed by atoms with E-state index >= 15 is 0 Å². The first kappa shape index (κ1) is 8.85. The molecule has 0 saturated heterocycles. The zero-order valence-electron chi connectivity index (χ0n) is 2.36. The fourth-order valence-corrected chi connectivity index (χ4v) is 0. The van der Waals surface area contributed by atoms with E-state index < -0.39 is 0 Å². The quantitative estimate of drug-likeness (QED) is 0.377. The van der Waals surface area contributed by atoms with E-state index in [0.717, 1.165) is 0 Å². The molecule has 0 nitrogen and oxygen atoms in total. The van der Waals surface area contributed by atoms with Crippen molar-refractivity contribution in [3.8, 4) is 12.3 Å². The molecule has 0 fully saturated rings. The summed E-state index contributed by atoms with van der Waals surface area (Å²) < 4.78 is 0. The predicted octanol–water partition coefficient (Wildman–Crippen LogP) is 1.44. The van der Waals surface area contributed by atoms with E-state index in [4.69, 9.17) is 0 Å². The van der Waals surface area contributed by atoms with Gasteiger partial charge in [0.05, 0.1) is 0 Å². The summed E-state index contributed by atoms with van der Waals surface area (Å²) in [5, 5.41) is 0. The van der Waals surface area contributed by atoms with Crippen LogP contribution in [0.15, 0.2) is 12.7 Å². The summed E-state index contributed by atoms with van der Waals surface area (Å²) in [6, 6.07) is 0. The van der Waals surface area contributed by atoms with Crippen LogP contribution >= 0.6 is 0 Å². The molecular weight excluding hydrogens is 60.1 g/mol. The van der Waals surface area contributed by atoms with E-state index in [1.807, 2.05) is 0 Å².